The normalized spacial score (nSPS) is 16.5. The minimum absolute atomic E-state index is 0.0131. The highest BCUT2D eigenvalue weighted by molar-refractivity contribution is 9.10. The van der Waals surface area contributed by atoms with E-state index in [9.17, 15) is 14.7 Å². The molecule has 0 saturated heterocycles. The molecule has 154 valence electrons. The van der Waals surface area contributed by atoms with Crippen LogP contribution in [0.4, 0.5) is 0 Å². The van der Waals surface area contributed by atoms with Crippen molar-refractivity contribution in [1.82, 2.24) is 4.90 Å². The Morgan fingerprint density at radius 2 is 1.87 bits per heavy atom. The highest BCUT2D eigenvalue weighted by atomic mass is 79.9. The van der Waals surface area contributed by atoms with E-state index in [1.807, 2.05) is 42.5 Å². The van der Waals surface area contributed by atoms with Crippen molar-refractivity contribution in [2.75, 3.05) is 0 Å². The maximum Gasteiger partial charge on any atom is 0.290 e. The van der Waals surface area contributed by atoms with E-state index in [0.29, 0.717) is 16.9 Å². The van der Waals surface area contributed by atoms with Crippen molar-refractivity contribution in [3.63, 3.8) is 0 Å². The Hall–Kier alpha value is -3.58. The molecule has 0 spiro atoms. The lowest BCUT2D eigenvalue weighted by atomic mass is 9.95. The number of rotatable bonds is 5. The van der Waals surface area contributed by atoms with Crippen molar-refractivity contribution in [3.8, 4) is 0 Å². The summed E-state index contributed by atoms with van der Waals surface area (Å²) in [6.07, 6.45) is 1.51. The van der Waals surface area contributed by atoms with Crippen molar-refractivity contribution in [2.45, 2.75) is 12.6 Å². The predicted octanol–water partition coefficient (Wildman–Crippen LogP) is 5.57. The zero-order valence-electron chi connectivity index (χ0n) is 16.1. The molecule has 0 fully saturated rings. The van der Waals surface area contributed by atoms with E-state index in [0.717, 1.165) is 9.86 Å². The number of Topliss-reactive ketones (excluding diaryl/α,β-unsaturated/α-hetero) is 1. The van der Waals surface area contributed by atoms with Crippen LogP contribution in [0.25, 0.3) is 11.0 Å². The summed E-state index contributed by atoms with van der Waals surface area (Å²) in [4.78, 5) is 27.9. The van der Waals surface area contributed by atoms with E-state index in [-0.39, 0.29) is 17.9 Å². The lowest BCUT2D eigenvalue weighted by Gasteiger charge is -2.25. The summed E-state index contributed by atoms with van der Waals surface area (Å²) in [6, 6.07) is 18.8. The maximum atomic E-state index is 13.5. The van der Waals surface area contributed by atoms with Crippen LogP contribution in [0.5, 0.6) is 0 Å². The van der Waals surface area contributed by atoms with E-state index in [2.05, 4.69) is 15.9 Å². The second kappa shape index (κ2) is 7.59. The van der Waals surface area contributed by atoms with Gasteiger partial charge in [0.15, 0.2) is 11.5 Å². The topological polar surface area (TPSA) is 83.9 Å². The Morgan fingerprint density at radius 1 is 1.06 bits per heavy atom. The summed E-state index contributed by atoms with van der Waals surface area (Å²) in [6.45, 7) is 0.110. The van der Waals surface area contributed by atoms with Crippen LogP contribution < -0.4 is 0 Å². The van der Waals surface area contributed by atoms with Gasteiger partial charge < -0.3 is 18.8 Å². The highest BCUT2D eigenvalue weighted by Crippen LogP contribution is 2.40. The third-order valence-electron chi connectivity index (χ3n) is 5.27. The Bertz CT molecular complexity index is 1320. The van der Waals surface area contributed by atoms with Crippen molar-refractivity contribution in [2.24, 2.45) is 0 Å². The molecule has 1 atom stereocenters. The van der Waals surface area contributed by atoms with Gasteiger partial charge in [0, 0.05) is 9.86 Å². The van der Waals surface area contributed by atoms with Gasteiger partial charge in [0.05, 0.1) is 24.4 Å². The number of furan rings is 2. The van der Waals surface area contributed by atoms with Gasteiger partial charge >= 0.3 is 0 Å². The molecule has 3 heterocycles. The summed E-state index contributed by atoms with van der Waals surface area (Å²) in [7, 11) is 0. The second-order valence-electron chi connectivity index (χ2n) is 7.21. The maximum absolute atomic E-state index is 13.5. The molecule has 0 saturated carbocycles. The van der Waals surface area contributed by atoms with Crippen LogP contribution in [0, 0.1) is 0 Å². The fourth-order valence-electron chi connectivity index (χ4n) is 3.86. The predicted molar refractivity (Wildman–Crippen MR) is 116 cm³/mol. The Labute approximate surface area is 185 Å². The standard InChI is InChI=1S/C24H16BrNO5/c25-16-8-9-18-15(11-16)12-19(31-18)22(27)20-21(14-5-2-1-3-6-14)26(24(29)23(20)28)13-17-7-4-10-30-17/h1-12,21,28H,13H2. The Kier molecular flexibility index (Phi) is 4.75. The van der Waals surface area contributed by atoms with Crippen LogP contribution in [0.1, 0.15) is 27.9 Å². The van der Waals surface area contributed by atoms with Crippen LogP contribution in [0.2, 0.25) is 0 Å². The fourth-order valence-corrected chi connectivity index (χ4v) is 4.24. The largest absolute Gasteiger partial charge is 0.503 e. The summed E-state index contributed by atoms with van der Waals surface area (Å²) in [5.74, 6) is -1.14. The number of carbonyl (C=O) groups excluding carboxylic acids is 2. The number of aliphatic hydroxyl groups excluding tert-OH is 1. The minimum atomic E-state index is -0.772. The zero-order chi connectivity index (χ0) is 21.5. The number of carbonyl (C=O) groups is 2. The molecule has 1 unspecified atom stereocenters. The first kappa shape index (κ1) is 19.4. The average molecular weight is 478 g/mol. The zero-order valence-corrected chi connectivity index (χ0v) is 17.7. The first-order chi connectivity index (χ1) is 15.0. The minimum Gasteiger partial charge on any atom is -0.503 e. The number of amides is 1. The fraction of sp³-hybridized carbons (Fsp3) is 0.0833. The van der Waals surface area contributed by atoms with Crippen LogP contribution in [-0.4, -0.2) is 21.7 Å². The molecule has 0 bridgehead atoms. The first-order valence-corrected chi connectivity index (χ1v) is 10.4. The molecule has 0 aliphatic carbocycles. The molecule has 1 aliphatic heterocycles. The third kappa shape index (κ3) is 3.37. The van der Waals surface area contributed by atoms with E-state index in [1.165, 1.54) is 11.2 Å². The summed E-state index contributed by atoms with van der Waals surface area (Å²) in [5, 5.41) is 11.5. The van der Waals surface area contributed by atoms with Crippen LogP contribution in [0.15, 0.2) is 97.6 Å². The van der Waals surface area contributed by atoms with Gasteiger partial charge in [-0.15, -0.1) is 0 Å². The number of halogens is 1. The number of benzene rings is 2. The summed E-state index contributed by atoms with van der Waals surface area (Å²) >= 11 is 3.40. The van der Waals surface area contributed by atoms with Crippen LogP contribution in [-0.2, 0) is 11.3 Å². The molecular formula is C24H16BrNO5. The van der Waals surface area contributed by atoms with E-state index in [4.69, 9.17) is 8.83 Å². The Balaban J connectivity index is 1.60. The lowest BCUT2D eigenvalue weighted by Crippen LogP contribution is -2.30. The number of nitrogens with zero attached hydrogens (tertiary/aromatic N) is 1. The molecule has 2 aromatic carbocycles. The van der Waals surface area contributed by atoms with E-state index in [1.54, 1.807) is 24.3 Å². The quantitative estimate of drug-likeness (QED) is 0.380. The molecule has 6 nitrogen and oxygen atoms in total. The van der Waals surface area contributed by atoms with Crippen molar-refractivity contribution in [3.05, 3.63) is 106 Å². The first-order valence-electron chi connectivity index (χ1n) is 9.58. The summed E-state index contributed by atoms with van der Waals surface area (Å²) < 4.78 is 12.0. The number of ketones is 1. The molecule has 1 amide bonds. The van der Waals surface area contributed by atoms with Gasteiger partial charge in [0.2, 0.25) is 5.78 Å². The van der Waals surface area contributed by atoms with Gasteiger partial charge in [0.1, 0.15) is 11.3 Å². The molecule has 7 heteroatoms. The molecule has 1 aliphatic rings. The third-order valence-corrected chi connectivity index (χ3v) is 5.77. The van der Waals surface area contributed by atoms with Crippen LogP contribution >= 0.6 is 15.9 Å². The Morgan fingerprint density at radius 3 is 2.61 bits per heavy atom. The SMILES string of the molecule is O=C(C1=C(O)C(=O)N(Cc2ccco2)C1c1ccccc1)c1cc2cc(Br)ccc2o1. The smallest absolute Gasteiger partial charge is 0.290 e. The highest BCUT2D eigenvalue weighted by Gasteiger charge is 2.44. The van der Waals surface area contributed by atoms with Gasteiger partial charge in [-0.25, -0.2) is 0 Å². The van der Waals surface area contributed by atoms with Gasteiger partial charge in [-0.2, -0.15) is 0 Å². The van der Waals surface area contributed by atoms with Crippen molar-refractivity contribution in [1.29, 1.82) is 0 Å². The van der Waals surface area contributed by atoms with Gasteiger partial charge in [-0.05, 0) is 42.0 Å². The number of hydrogen-bond donors (Lipinski definition) is 1. The molecule has 31 heavy (non-hydrogen) atoms. The van der Waals surface area contributed by atoms with Gasteiger partial charge in [-0.1, -0.05) is 46.3 Å². The molecule has 2 aromatic heterocycles. The molecule has 1 N–H and O–H groups in total. The average Bonchev–Trinajstić information content (AvgIpc) is 3.49. The number of fused-ring (bicyclic) bond motifs is 1. The molecule has 0 radical (unpaired) electrons. The molecule has 5 rings (SSSR count). The van der Waals surface area contributed by atoms with Gasteiger partial charge in [-0.3, -0.25) is 9.59 Å². The van der Waals surface area contributed by atoms with E-state index < -0.39 is 23.5 Å². The number of hydrogen-bond acceptors (Lipinski definition) is 5. The van der Waals surface area contributed by atoms with Crippen LogP contribution in [0.3, 0.4) is 0 Å². The van der Waals surface area contributed by atoms with E-state index >= 15 is 0 Å². The number of aliphatic hydroxyl groups is 1. The van der Waals surface area contributed by atoms with Crippen molar-refractivity contribution >= 4 is 38.6 Å². The summed E-state index contributed by atoms with van der Waals surface area (Å²) in [5.41, 5.74) is 1.23. The monoisotopic (exact) mass is 477 g/mol. The lowest BCUT2D eigenvalue weighted by molar-refractivity contribution is -0.130. The molecular weight excluding hydrogens is 462 g/mol. The van der Waals surface area contributed by atoms with Gasteiger partial charge in [0.25, 0.3) is 5.91 Å². The second-order valence-corrected chi connectivity index (χ2v) is 8.13. The molecule has 4 aromatic rings. The van der Waals surface area contributed by atoms with Crippen molar-refractivity contribution < 1.29 is 23.5 Å².